The molecule has 0 spiro atoms. The molecule has 8 heteroatoms. The van der Waals surface area contributed by atoms with Crippen molar-refractivity contribution in [1.29, 1.82) is 0 Å². The van der Waals surface area contributed by atoms with E-state index in [0.29, 0.717) is 11.8 Å². The van der Waals surface area contributed by atoms with E-state index in [2.05, 4.69) is 0 Å². The maximum atomic E-state index is 13.0. The molecule has 0 N–H and O–H groups in total. The fourth-order valence-electron chi connectivity index (χ4n) is 1.06. The highest BCUT2D eigenvalue weighted by Gasteiger charge is 2.41. The first-order chi connectivity index (χ1) is 7.21. The third-order valence-corrected chi connectivity index (χ3v) is 3.00. The maximum absolute atomic E-state index is 13.0. The van der Waals surface area contributed by atoms with Crippen LogP contribution in [0.3, 0.4) is 0 Å². The molecule has 0 aliphatic rings. The number of rotatable bonds is 1. The second kappa shape index (κ2) is 4.37. The summed E-state index contributed by atoms with van der Waals surface area (Å²) in [4.78, 5) is -0.870. The van der Waals surface area contributed by atoms with Gasteiger partial charge in [-0.15, -0.1) is 11.8 Å². The van der Waals surface area contributed by atoms with Crippen molar-refractivity contribution in [3.63, 3.8) is 0 Å². The van der Waals surface area contributed by atoms with Gasteiger partial charge < -0.3 is 0 Å². The van der Waals surface area contributed by atoms with Gasteiger partial charge in [0.25, 0.3) is 0 Å². The maximum Gasteiger partial charge on any atom is 0.420 e. The molecule has 0 nitrogen and oxygen atoms in total. The summed E-state index contributed by atoms with van der Waals surface area (Å²) in [5.74, 6) is -6.33. The minimum Gasteiger partial charge on any atom is -0.203 e. The molecule has 0 fully saturated rings. The molecule has 1 aromatic carbocycles. The van der Waals surface area contributed by atoms with Crippen LogP contribution >= 0.6 is 23.4 Å². The van der Waals surface area contributed by atoms with Crippen LogP contribution in [0.4, 0.5) is 26.3 Å². The summed E-state index contributed by atoms with van der Waals surface area (Å²) in [6.45, 7) is 0. The number of hydrogen-bond donors (Lipinski definition) is 0. The van der Waals surface area contributed by atoms with E-state index in [1.165, 1.54) is 0 Å². The van der Waals surface area contributed by atoms with E-state index in [9.17, 15) is 26.3 Å². The Labute approximate surface area is 95.6 Å². The Balaban J connectivity index is 3.72. The zero-order valence-corrected chi connectivity index (χ0v) is 9.13. The van der Waals surface area contributed by atoms with E-state index in [4.69, 9.17) is 11.6 Å². The zero-order chi connectivity index (χ0) is 12.7. The molecule has 1 rings (SSSR count). The van der Waals surface area contributed by atoms with Crippen molar-refractivity contribution in [3.05, 3.63) is 28.0 Å². The molecule has 0 saturated carbocycles. The summed E-state index contributed by atoms with van der Waals surface area (Å²) in [5, 5.41) is -1.07. The van der Waals surface area contributed by atoms with Crippen molar-refractivity contribution < 1.29 is 26.3 Å². The fraction of sp³-hybridized carbons (Fsp3) is 0.250. The minimum atomic E-state index is -5.14. The summed E-state index contributed by atoms with van der Waals surface area (Å²) in [6.07, 6.45) is -3.99. The normalized spacial score (nSPS) is 12.0. The second-order valence-electron chi connectivity index (χ2n) is 2.66. The Morgan fingerprint density at radius 3 is 1.88 bits per heavy atom. The van der Waals surface area contributed by atoms with Gasteiger partial charge in [0.05, 0.1) is 5.02 Å². The third kappa shape index (κ3) is 2.10. The van der Waals surface area contributed by atoms with Crippen LogP contribution in [0.15, 0.2) is 4.90 Å². The van der Waals surface area contributed by atoms with E-state index in [-0.39, 0.29) is 0 Å². The Bertz CT molecular complexity index is 428. The molecule has 0 aliphatic heterocycles. The van der Waals surface area contributed by atoms with Gasteiger partial charge in [-0.3, -0.25) is 0 Å². The van der Waals surface area contributed by atoms with Gasteiger partial charge in [-0.1, -0.05) is 11.6 Å². The molecule has 0 heterocycles. The van der Waals surface area contributed by atoms with Crippen LogP contribution in [0.5, 0.6) is 0 Å². The van der Waals surface area contributed by atoms with Gasteiger partial charge in [0, 0.05) is 4.90 Å². The number of alkyl halides is 3. The molecule has 90 valence electrons. The van der Waals surface area contributed by atoms with Crippen molar-refractivity contribution in [2.24, 2.45) is 0 Å². The van der Waals surface area contributed by atoms with Gasteiger partial charge in [-0.05, 0) is 6.26 Å². The van der Waals surface area contributed by atoms with E-state index in [1.807, 2.05) is 0 Å². The second-order valence-corrected chi connectivity index (χ2v) is 3.86. The van der Waals surface area contributed by atoms with Gasteiger partial charge in [-0.25, -0.2) is 13.2 Å². The van der Waals surface area contributed by atoms with Crippen molar-refractivity contribution in [2.45, 2.75) is 11.1 Å². The van der Waals surface area contributed by atoms with Crippen LogP contribution in [0, 0.1) is 17.5 Å². The van der Waals surface area contributed by atoms with Crippen LogP contribution in [0.2, 0.25) is 5.02 Å². The minimum absolute atomic E-state index is 0.387. The topological polar surface area (TPSA) is 0 Å². The van der Waals surface area contributed by atoms with Gasteiger partial charge in [0.15, 0.2) is 17.5 Å². The number of hydrogen-bond acceptors (Lipinski definition) is 1. The van der Waals surface area contributed by atoms with E-state index in [1.54, 1.807) is 0 Å². The quantitative estimate of drug-likeness (QED) is 0.316. The molecule has 0 aliphatic carbocycles. The van der Waals surface area contributed by atoms with Crippen molar-refractivity contribution >= 4 is 23.4 Å². The molecule has 0 radical (unpaired) electrons. The molecule has 0 unspecified atom stereocenters. The van der Waals surface area contributed by atoms with E-state index >= 15 is 0 Å². The Morgan fingerprint density at radius 1 is 1.00 bits per heavy atom. The lowest BCUT2D eigenvalue weighted by molar-refractivity contribution is -0.142. The predicted molar refractivity (Wildman–Crippen MR) is 48.1 cm³/mol. The Hall–Kier alpha value is -0.560. The molecule has 1 aromatic rings. The molecule has 0 bridgehead atoms. The summed E-state index contributed by atoms with van der Waals surface area (Å²) < 4.78 is 75.8. The first kappa shape index (κ1) is 13.5. The standard InChI is InChI=1S/C8H3ClF6S/c1-16-7-2(8(13,14)15)4(10)6(12)5(11)3(7)9/h1H3. The molecule has 0 aromatic heterocycles. The average Bonchev–Trinajstić information content (AvgIpc) is 2.18. The number of thioether (sulfide) groups is 1. The highest BCUT2D eigenvalue weighted by Crippen LogP contribution is 2.43. The number of halogens is 7. The monoisotopic (exact) mass is 280 g/mol. The Kier molecular flexibility index (Phi) is 3.69. The summed E-state index contributed by atoms with van der Waals surface area (Å²) in [5.41, 5.74) is -1.89. The predicted octanol–water partition coefficient (Wildman–Crippen LogP) is 4.50. The average molecular weight is 281 g/mol. The van der Waals surface area contributed by atoms with Crippen LogP contribution in [0.25, 0.3) is 0 Å². The molecule has 16 heavy (non-hydrogen) atoms. The van der Waals surface area contributed by atoms with Crippen molar-refractivity contribution in [2.75, 3.05) is 6.26 Å². The lowest BCUT2D eigenvalue weighted by Gasteiger charge is -2.14. The fourth-order valence-corrected chi connectivity index (χ4v) is 2.14. The highest BCUT2D eigenvalue weighted by molar-refractivity contribution is 7.98. The van der Waals surface area contributed by atoms with Gasteiger partial charge >= 0.3 is 6.18 Å². The molecule has 0 atom stereocenters. The molecular weight excluding hydrogens is 278 g/mol. The van der Waals surface area contributed by atoms with E-state index in [0.717, 1.165) is 6.26 Å². The van der Waals surface area contributed by atoms with Gasteiger partial charge in [0.1, 0.15) is 5.56 Å². The lowest BCUT2D eigenvalue weighted by atomic mass is 10.2. The lowest BCUT2D eigenvalue weighted by Crippen LogP contribution is -2.13. The summed E-state index contributed by atoms with van der Waals surface area (Å²) in [6, 6.07) is 0. The molecule has 0 saturated heterocycles. The number of benzene rings is 1. The third-order valence-electron chi connectivity index (χ3n) is 1.71. The van der Waals surface area contributed by atoms with E-state index < -0.39 is 39.1 Å². The van der Waals surface area contributed by atoms with Crippen LogP contribution in [-0.4, -0.2) is 6.26 Å². The first-order valence-electron chi connectivity index (χ1n) is 3.69. The largest absolute Gasteiger partial charge is 0.420 e. The van der Waals surface area contributed by atoms with Gasteiger partial charge in [0.2, 0.25) is 0 Å². The van der Waals surface area contributed by atoms with Crippen LogP contribution in [0.1, 0.15) is 5.56 Å². The summed E-state index contributed by atoms with van der Waals surface area (Å²) in [7, 11) is 0. The van der Waals surface area contributed by atoms with Crippen molar-refractivity contribution in [3.8, 4) is 0 Å². The Morgan fingerprint density at radius 2 is 1.50 bits per heavy atom. The summed E-state index contributed by atoms with van der Waals surface area (Å²) >= 11 is 5.57. The van der Waals surface area contributed by atoms with Crippen LogP contribution < -0.4 is 0 Å². The first-order valence-corrected chi connectivity index (χ1v) is 5.29. The zero-order valence-electron chi connectivity index (χ0n) is 7.55. The molecular formula is C8H3ClF6S. The molecule has 0 amide bonds. The van der Waals surface area contributed by atoms with Gasteiger partial charge in [-0.2, -0.15) is 13.2 Å². The van der Waals surface area contributed by atoms with Crippen LogP contribution in [-0.2, 0) is 6.18 Å². The SMILES string of the molecule is CSc1c(Cl)c(F)c(F)c(F)c1C(F)(F)F. The van der Waals surface area contributed by atoms with Crippen molar-refractivity contribution in [1.82, 2.24) is 0 Å². The highest BCUT2D eigenvalue weighted by atomic mass is 35.5. The smallest absolute Gasteiger partial charge is 0.203 e.